The van der Waals surface area contributed by atoms with Crippen molar-refractivity contribution in [3.05, 3.63) is 46.2 Å². The lowest BCUT2D eigenvalue weighted by Gasteiger charge is -2.37. The van der Waals surface area contributed by atoms with Crippen LogP contribution in [0.3, 0.4) is 0 Å². The number of hydrogen-bond donors (Lipinski definition) is 1. The van der Waals surface area contributed by atoms with Crippen molar-refractivity contribution < 1.29 is 19.4 Å². The average molecular weight is 475 g/mol. The predicted octanol–water partition coefficient (Wildman–Crippen LogP) is 4.38. The topological polar surface area (TPSA) is 62.2 Å². The summed E-state index contributed by atoms with van der Waals surface area (Å²) in [6.07, 6.45) is 2.16. The molecule has 7 heteroatoms. The van der Waals surface area contributed by atoms with Gasteiger partial charge in [0.05, 0.1) is 25.8 Å². The van der Waals surface area contributed by atoms with E-state index in [0.29, 0.717) is 32.2 Å². The molecule has 2 aromatic rings. The zero-order chi connectivity index (χ0) is 23.8. The highest BCUT2D eigenvalue weighted by Gasteiger charge is 2.33. The quantitative estimate of drug-likeness (QED) is 0.495. The number of hydrogen-bond acceptors (Lipinski definition) is 6. The van der Waals surface area contributed by atoms with Crippen molar-refractivity contribution in [3.8, 4) is 11.5 Å². The van der Waals surface area contributed by atoms with Crippen LogP contribution < -0.4 is 9.47 Å². The molecule has 182 valence electrons. The first-order chi connectivity index (χ1) is 15.9. The van der Waals surface area contributed by atoms with Gasteiger partial charge in [0.15, 0.2) is 0 Å². The SMILES string of the molecule is CCC[C@H](O)CN(CC(=O)N1CCc2sccc2[C@@H]1COc1ccc(OC)cc1)CC(C)C. The lowest BCUT2D eigenvalue weighted by Crippen LogP contribution is -2.48. The average Bonchev–Trinajstić information content (AvgIpc) is 3.26. The fourth-order valence-electron chi connectivity index (χ4n) is 4.45. The van der Waals surface area contributed by atoms with E-state index in [1.165, 1.54) is 10.4 Å². The Bertz CT molecular complexity index is 867. The Morgan fingerprint density at radius 3 is 2.61 bits per heavy atom. The number of aliphatic hydroxyl groups excluding tert-OH is 1. The second kappa shape index (κ2) is 12.4. The zero-order valence-corrected chi connectivity index (χ0v) is 21.1. The summed E-state index contributed by atoms with van der Waals surface area (Å²) in [6.45, 7) is 9.10. The van der Waals surface area contributed by atoms with E-state index in [2.05, 4.69) is 37.1 Å². The molecule has 6 nitrogen and oxygen atoms in total. The summed E-state index contributed by atoms with van der Waals surface area (Å²) in [7, 11) is 1.64. The highest BCUT2D eigenvalue weighted by molar-refractivity contribution is 7.10. The molecule has 0 saturated heterocycles. The van der Waals surface area contributed by atoms with Gasteiger partial charge in [-0.25, -0.2) is 0 Å². The van der Waals surface area contributed by atoms with Gasteiger partial charge in [0.1, 0.15) is 18.1 Å². The second-order valence-electron chi connectivity index (χ2n) is 9.17. The van der Waals surface area contributed by atoms with Crippen LogP contribution >= 0.6 is 11.3 Å². The molecule has 1 aromatic carbocycles. The van der Waals surface area contributed by atoms with Gasteiger partial charge in [-0.3, -0.25) is 9.69 Å². The van der Waals surface area contributed by atoms with Crippen LogP contribution in [0.5, 0.6) is 11.5 Å². The maximum atomic E-state index is 13.5. The zero-order valence-electron chi connectivity index (χ0n) is 20.3. The molecule has 1 aliphatic rings. The first kappa shape index (κ1) is 25.5. The monoisotopic (exact) mass is 474 g/mol. The minimum Gasteiger partial charge on any atom is -0.497 e. The molecule has 1 amide bonds. The van der Waals surface area contributed by atoms with Gasteiger partial charge >= 0.3 is 0 Å². The van der Waals surface area contributed by atoms with Crippen molar-refractivity contribution in [2.24, 2.45) is 5.92 Å². The number of ether oxygens (including phenoxy) is 2. The molecular formula is C26H38N2O4S. The minimum absolute atomic E-state index is 0.0968. The summed E-state index contributed by atoms with van der Waals surface area (Å²) >= 11 is 1.75. The van der Waals surface area contributed by atoms with E-state index in [4.69, 9.17) is 9.47 Å². The van der Waals surface area contributed by atoms with Crippen LogP contribution in [0.2, 0.25) is 0 Å². The van der Waals surface area contributed by atoms with Gasteiger partial charge in [0.2, 0.25) is 5.91 Å². The Morgan fingerprint density at radius 2 is 1.94 bits per heavy atom. The smallest absolute Gasteiger partial charge is 0.237 e. The number of carbonyl (C=O) groups is 1. The van der Waals surface area contributed by atoms with E-state index in [0.717, 1.165) is 37.3 Å². The highest BCUT2D eigenvalue weighted by atomic mass is 32.1. The summed E-state index contributed by atoms with van der Waals surface area (Å²) in [5.74, 6) is 2.06. The van der Waals surface area contributed by atoms with Gasteiger partial charge in [0.25, 0.3) is 0 Å². The number of carbonyl (C=O) groups excluding carboxylic acids is 1. The van der Waals surface area contributed by atoms with Crippen molar-refractivity contribution in [2.75, 3.05) is 39.9 Å². The van der Waals surface area contributed by atoms with Crippen LogP contribution in [0, 0.1) is 5.92 Å². The molecule has 0 bridgehead atoms. The van der Waals surface area contributed by atoms with E-state index < -0.39 is 6.10 Å². The van der Waals surface area contributed by atoms with Gasteiger partial charge in [-0.05, 0) is 60.0 Å². The number of amides is 1. The van der Waals surface area contributed by atoms with E-state index in [-0.39, 0.29) is 11.9 Å². The lowest BCUT2D eigenvalue weighted by atomic mass is 10.00. The Hall–Kier alpha value is -2.09. The Kier molecular flexibility index (Phi) is 9.59. The minimum atomic E-state index is -0.402. The normalized spacial score (nSPS) is 16.7. The van der Waals surface area contributed by atoms with Gasteiger partial charge in [-0.1, -0.05) is 27.2 Å². The van der Waals surface area contributed by atoms with Gasteiger partial charge in [-0.2, -0.15) is 0 Å². The molecule has 1 aromatic heterocycles. The number of rotatable bonds is 12. The Morgan fingerprint density at radius 1 is 1.21 bits per heavy atom. The molecule has 0 aliphatic carbocycles. The largest absolute Gasteiger partial charge is 0.497 e. The van der Waals surface area contributed by atoms with E-state index in [9.17, 15) is 9.90 Å². The number of nitrogens with zero attached hydrogens (tertiary/aromatic N) is 2. The van der Waals surface area contributed by atoms with Crippen LogP contribution in [0.4, 0.5) is 0 Å². The fourth-order valence-corrected chi connectivity index (χ4v) is 5.37. The number of thiophene rings is 1. The Balaban J connectivity index is 1.71. The van der Waals surface area contributed by atoms with Gasteiger partial charge in [-0.15, -0.1) is 11.3 Å². The standard InChI is InChI=1S/C26H38N2O4S/c1-5-6-20(29)16-27(15-19(2)3)17-26(30)28-13-11-25-23(12-14-33-25)24(28)18-32-22-9-7-21(31-4)8-10-22/h7-10,12,14,19-20,24,29H,5-6,11,13,15-18H2,1-4H3/t20-,24-/m0/s1. The van der Waals surface area contributed by atoms with Crippen molar-refractivity contribution in [2.45, 2.75) is 52.2 Å². The fraction of sp³-hybridized carbons (Fsp3) is 0.577. The maximum Gasteiger partial charge on any atom is 0.237 e. The van der Waals surface area contributed by atoms with E-state index >= 15 is 0 Å². The molecule has 2 heterocycles. The number of fused-ring (bicyclic) bond motifs is 1. The number of methoxy groups -OCH3 is 1. The number of benzene rings is 1. The first-order valence-corrected chi connectivity index (χ1v) is 12.8. The van der Waals surface area contributed by atoms with Gasteiger partial charge < -0.3 is 19.5 Å². The summed E-state index contributed by atoms with van der Waals surface area (Å²) in [6, 6.07) is 9.54. The first-order valence-electron chi connectivity index (χ1n) is 11.9. The summed E-state index contributed by atoms with van der Waals surface area (Å²) in [5.41, 5.74) is 1.19. The Labute approximate surface area is 202 Å². The van der Waals surface area contributed by atoms with Crippen LogP contribution in [-0.4, -0.2) is 66.8 Å². The number of aliphatic hydroxyl groups is 1. The third-order valence-electron chi connectivity index (χ3n) is 5.96. The molecule has 2 atom stereocenters. The second-order valence-corrected chi connectivity index (χ2v) is 10.2. The third kappa shape index (κ3) is 7.19. The van der Waals surface area contributed by atoms with Crippen LogP contribution in [-0.2, 0) is 11.2 Å². The molecule has 1 aliphatic heterocycles. The summed E-state index contributed by atoms with van der Waals surface area (Å²) in [5, 5.41) is 12.5. The van der Waals surface area contributed by atoms with Crippen molar-refractivity contribution in [3.63, 3.8) is 0 Å². The van der Waals surface area contributed by atoms with Crippen molar-refractivity contribution in [1.29, 1.82) is 0 Å². The lowest BCUT2D eigenvalue weighted by molar-refractivity contribution is -0.136. The molecule has 0 unspecified atom stereocenters. The molecule has 0 spiro atoms. The predicted molar refractivity (Wildman–Crippen MR) is 133 cm³/mol. The van der Waals surface area contributed by atoms with Gasteiger partial charge in [0, 0.05) is 24.5 Å². The molecular weight excluding hydrogens is 436 g/mol. The van der Waals surface area contributed by atoms with Crippen molar-refractivity contribution >= 4 is 17.2 Å². The molecule has 0 radical (unpaired) electrons. The van der Waals surface area contributed by atoms with Crippen LogP contribution in [0.15, 0.2) is 35.7 Å². The molecule has 1 N–H and O–H groups in total. The maximum absolute atomic E-state index is 13.5. The third-order valence-corrected chi connectivity index (χ3v) is 6.95. The van der Waals surface area contributed by atoms with Crippen molar-refractivity contribution in [1.82, 2.24) is 9.80 Å². The summed E-state index contributed by atoms with van der Waals surface area (Å²) in [4.78, 5) is 18.9. The van der Waals surface area contributed by atoms with E-state index in [1.54, 1.807) is 18.4 Å². The molecule has 0 saturated carbocycles. The molecule has 33 heavy (non-hydrogen) atoms. The molecule has 0 fully saturated rings. The molecule has 3 rings (SSSR count). The highest BCUT2D eigenvalue weighted by Crippen LogP contribution is 2.34. The van der Waals surface area contributed by atoms with Crippen LogP contribution in [0.1, 0.15) is 50.1 Å². The van der Waals surface area contributed by atoms with Crippen LogP contribution in [0.25, 0.3) is 0 Å². The van der Waals surface area contributed by atoms with E-state index in [1.807, 2.05) is 29.2 Å². The summed E-state index contributed by atoms with van der Waals surface area (Å²) < 4.78 is 11.3.